The first kappa shape index (κ1) is 35.7. The zero-order valence-corrected chi connectivity index (χ0v) is 27.3. The average molecular weight is 694 g/mol. The second-order valence-corrected chi connectivity index (χ2v) is 13.0. The molecule has 2 atom stereocenters. The van der Waals surface area contributed by atoms with Crippen LogP contribution < -0.4 is 4.74 Å². The molecule has 5 rings (SSSR count). The molecule has 49 heavy (non-hydrogen) atoms. The van der Waals surface area contributed by atoms with Crippen molar-refractivity contribution < 1.29 is 54.5 Å². The fourth-order valence-electron chi connectivity index (χ4n) is 6.50. The molecule has 0 radical (unpaired) electrons. The van der Waals surface area contributed by atoms with Gasteiger partial charge in [0.05, 0.1) is 37.0 Å². The van der Waals surface area contributed by atoms with Crippen molar-refractivity contribution in [1.82, 2.24) is 4.90 Å². The van der Waals surface area contributed by atoms with Crippen LogP contribution in [0.1, 0.15) is 78.7 Å². The molecule has 0 saturated carbocycles. The van der Waals surface area contributed by atoms with Gasteiger partial charge in [-0.15, -0.1) is 0 Å². The quantitative estimate of drug-likeness (QED) is 0.182. The number of rotatable bonds is 7. The summed E-state index contributed by atoms with van der Waals surface area (Å²) >= 11 is 0. The molecule has 1 aliphatic heterocycles. The summed E-state index contributed by atoms with van der Waals surface area (Å²) in [4.78, 5) is 26.5. The summed E-state index contributed by atoms with van der Waals surface area (Å²) in [6, 6.07) is 9.35. The molecule has 0 spiro atoms. The number of esters is 1. The second-order valence-electron chi connectivity index (χ2n) is 13.0. The summed E-state index contributed by atoms with van der Waals surface area (Å²) < 4.78 is 113. The van der Waals surface area contributed by atoms with Crippen LogP contribution in [-0.2, 0) is 21.8 Å². The van der Waals surface area contributed by atoms with E-state index in [0.29, 0.717) is 41.9 Å². The molecule has 2 aliphatic rings. The molecule has 0 bridgehead atoms. The van der Waals surface area contributed by atoms with Crippen LogP contribution in [0, 0.1) is 11.2 Å². The lowest BCUT2D eigenvalue weighted by Gasteiger charge is -2.36. The summed E-state index contributed by atoms with van der Waals surface area (Å²) in [5.41, 5.74) is -0.651. The maximum Gasteiger partial charge on any atom is 0.416 e. The summed E-state index contributed by atoms with van der Waals surface area (Å²) in [5, 5.41) is 0. The van der Waals surface area contributed by atoms with Crippen molar-refractivity contribution in [3.63, 3.8) is 0 Å². The Balaban J connectivity index is 1.54. The summed E-state index contributed by atoms with van der Waals surface area (Å²) in [5.74, 6) is -0.867. The Morgan fingerprint density at radius 3 is 2.16 bits per heavy atom. The summed E-state index contributed by atoms with van der Waals surface area (Å²) in [7, 11) is 2.67. The molecular weight excluding hydrogens is 659 g/mol. The Kier molecular flexibility index (Phi) is 9.52. The minimum Gasteiger partial charge on any atom is -0.496 e. The molecule has 3 aromatic rings. The summed E-state index contributed by atoms with van der Waals surface area (Å²) in [6.45, 7) is 5.59. The molecule has 6 nitrogen and oxygen atoms in total. The van der Waals surface area contributed by atoms with Crippen molar-refractivity contribution in [1.29, 1.82) is 0 Å². The van der Waals surface area contributed by atoms with Crippen LogP contribution in [-0.4, -0.2) is 43.8 Å². The fourth-order valence-corrected chi connectivity index (χ4v) is 6.50. The largest absolute Gasteiger partial charge is 0.496 e. The lowest BCUT2D eigenvalue weighted by atomic mass is 9.72. The highest BCUT2D eigenvalue weighted by Crippen LogP contribution is 2.47. The Labute approximate surface area is 278 Å². The first-order valence-electron chi connectivity index (χ1n) is 15.4. The topological polar surface area (TPSA) is 65.1 Å². The predicted molar refractivity (Wildman–Crippen MR) is 166 cm³/mol. The lowest BCUT2D eigenvalue weighted by molar-refractivity contribution is -0.143. The first-order valence-corrected chi connectivity index (χ1v) is 15.4. The van der Waals surface area contributed by atoms with Gasteiger partial charge in [-0.2, -0.15) is 26.3 Å². The van der Waals surface area contributed by atoms with Gasteiger partial charge in [0.25, 0.3) is 0 Å². The van der Waals surface area contributed by atoms with E-state index in [-0.39, 0.29) is 29.2 Å². The number of nitrogens with zero attached hydrogens (tertiary/aromatic N) is 1. The van der Waals surface area contributed by atoms with Crippen molar-refractivity contribution in [2.45, 2.75) is 64.5 Å². The van der Waals surface area contributed by atoms with Gasteiger partial charge in [-0.1, -0.05) is 26.0 Å². The van der Waals surface area contributed by atoms with E-state index >= 15 is 4.39 Å². The Morgan fingerprint density at radius 2 is 1.59 bits per heavy atom. The molecule has 0 aromatic heterocycles. The zero-order chi connectivity index (χ0) is 36.1. The molecule has 13 heteroatoms. The number of hydrogen-bond donors (Lipinski definition) is 0. The minimum absolute atomic E-state index is 0.0179. The first-order chi connectivity index (χ1) is 22.8. The third kappa shape index (κ3) is 7.40. The van der Waals surface area contributed by atoms with E-state index < -0.39 is 59.1 Å². The van der Waals surface area contributed by atoms with E-state index in [2.05, 4.69) is 4.74 Å². The average Bonchev–Trinajstić information content (AvgIpc) is 3.31. The van der Waals surface area contributed by atoms with E-state index in [4.69, 9.17) is 9.47 Å². The molecule has 3 aromatic carbocycles. The number of benzene rings is 3. The number of alkyl halides is 6. The molecule has 0 N–H and O–H groups in total. The summed E-state index contributed by atoms with van der Waals surface area (Å²) in [6.07, 6.45) is -10.6. The maximum absolute atomic E-state index is 15.2. The number of halogens is 7. The SMILES string of the molecule is COC(=O)c1ccc(-c2ccc(OC)c(C3=C(CN4C(=O)O[C@H](c5cc(C(F)(F)F)cc(C(F)(F)F)c5)[C@@H]4C)CC(C)(C)CC3)c2)c(F)c1. The van der Waals surface area contributed by atoms with Crippen molar-refractivity contribution in [3.05, 3.63) is 93.8 Å². The number of hydrogen-bond acceptors (Lipinski definition) is 5. The Bertz CT molecular complexity index is 1780. The van der Waals surface area contributed by atoms with Gasteiger partial charge in [0.15, 0.2) is 0 Å². The molecule has 1 aliphatic carbocycles. The molecule has 1 fully saturated rings. The molecular formula is C36H34F7NO5. The number of allylic oxidation sites excluding steroid dienone is 1. The van der Waals surface area contributed by atoms with Crippen molar-refractivity contribution in [3.8, 4) is 16.9 Å². The van der Waals surface area contributed by atoms with Gasteiger partial charge < -0.3 is 14.2 Å². The van der Waals surface area contributed by atoms with Gasteiger partial charge in [0, 0.05) is 17.7 Å². The maximum atomic E-state index is 15.2. The third-order valence-electron chi connectivity index (χ3n) is 9.09. The lowest BCUT2D eigenvalue weighted by Crippen LogP contribution is -2.35. The van der Waals surface area contributed by atoms with Crippen LogP contribution in [0.15, 0.2) is 60.2 Å². The van der Waals surface area contributed by atoms with Gasteiger partial charge in [0.2, 0.25) is 0 Å². The number of carbonyl (C=O) groups excluding carboxylic acids is 2. The van der Waals surface area contributed by atoms with Gasteiger partial charge in [-0.05, 0) is 96.3 Å². The molecule has 1 amide bonds. The van der Waals surface area contributed by atoms with Crippen LogP contribution in [0.4, 0.5) is 35.5 Å². The minimum atomic E-state index is -5.06. The number of carbonyl (C=O) groups is 2. The van der Waals surface area contributed by atoms with E-state index in [9.17, 15) is 35.9 Å². The van der Waals surface area contributed by atoms with Crippen LogP contribution in [0.2, 0.25) is 0 Å². The molecule has 0 unspecified atom stereocenters. The van der Waals surface area contributed by atoms with E-state index in [0.717, 1.165) is 23.6 Å². The van der Waals surface area contributed by atoms with Crippen molar-refractivity contribution in [2.24, 2.45) is 5.41 Å². The number of amides is 1. The highest BCUT2D eigenvalue weighted by molar-refractivity contribution is 5.90. The third-order valence-corrected chi connectivity index (χ3v) is 9.09. The number of cyclic esters (lactones) is 1. The highest BCUT2D eigenvalue weighted by atomic mass is 19.4. The molecule has 1 saturated heterocycles. The standard InChI is InChI=1S/C36H34F7NO5/c1-19-31(22-12-24(35(38,39)40)16-25(13-22)36(41,42)43)49-33(46)44(19)18-23-17-34(2,3)11-10-26(23)28-14-20(7-9-30(28)47-4)27-8-6-21(15-29(27)37)32(45)48-5/h6-9,12-16,19,31H,10-11,17-18H2,1-5H3/t19-,31-/m0/s1. The van der Waals surface area contributed by atoms with Gasteiger partial charge >= 0.3 is 24.4 Å². The zero-order valence-electron chi connectivity index (χ0n) is 27.3. The predicted octanol–water partition coefficient (Wildman–Crippen LogP) is 9.87. The Morgan fingerprint density at radius 1 is 0.939 bits per heavy atom. The number of methoxy groups -OCH3 is 2. The smallest absolute Gasteiger partial charge is 0.416 e. The van der Waals surface area contributed by atoms with Crippen LogP contribution in [0.3, 0.4) is 0 Å². The van der Waals surface area contributed by atoms with E-state index in [1.54, 1.807) is 18.2 Å². The van der Waals surface area contributed by atoms with Crippen LogP contribution in [0.25, 0.3) is 16.7 Å². The Hall–Kier alpha value is -4.55. The molecule has 262 valence electrons. The highest BCUT2D eigenvalue weighted by Gasteiger charge is 2.44. The van der Waals surface area contributed by atoms with Crippen LogP contribution in [0.5, 0.6) is 5.75 Å². The van der Waals surface area contributed by atoms with Crippen molar-refractivity contribution >= 4 is 17.6 Å². The van der Waals surface area contributed by atoms with Gasteiger partial charge in [-0.3, -0.25) is 4.90 Å². The van der Waals surface area contributed by atoms with Crippen molar-refractivity contribution in [2.75, 3.05) is 20.8 Å². The van der Waals surface area contributed by atoms with Gasteiger partial charge in [0.1, 0.15) is 17.7 Å². The van der Waals surface area contributed by atoms with E-state index in [1.807, 2.05) is 13.8 Å². The number of ether oxygens (including phenoxy) is 3. The van der Waals surface area contributed by atoms with E-state index in [1.165, 1.54) is 38.2 Å². The fraction of sp³-hybridized carbons (Fsp3) is 0.389. The monoisotopic (exact) mass is 693 g/mol. The van der Waals surface area contributed by atoms with Gasteiger partial charge in [-0.25, -0.2) is 14.0 Å². The van der Waals surface area contributed by atoms with Crippen LogP contribution >= 0.6 is 0 Å². The second kappa shape index (κ2) is 13.1. The molecule has 1 heterocycles. The normalized spacial score (nSPS) is 19.6.